The van der Waals surface area contributed by atoms with Crippen LogP contribution in [0.5, 0.6) is 5.75 Å². The number of carboxylic acid groups (broad SMARTS) is 1. The summed E-state index contributed by atoms with van der Waals surface area (Å²) in [4.78, 5) is 10.8. The second-order valence-electron chi connectivity index (χ2n) is 4.82. The Morgan fingerprint density at radius 2 is 2.25 bits per heavy atom. The van der Waals surface area contributed by atoms with E-state index in [1.165, 1.54) is 0 Å². The van der Waals surface area contributed by atoms with E-state index >= 15 is 0 Å². The van der Waals surface area contributed by atoms with Gasteiger partial charge in [-0.1, -0.05) is 13.8 Å². The Morgan fingerprint density at radius 1 is 1.50 bits per heavy atom. The topological polar surface area (TPSA) is 58.6 Å². The quantitative estimate of drug-likeness (QED) is 0.763. The molecule has 1 aromatic carbocycles. The number of anilines is 1. The average Bonchev–Trinajstić information content (AvgIpc) is 2.38. The molecular formula is C12H15NO3. The number of hydrogen-bond donors (Lipinski definition) is 2. The van der Waals surface area contributed by atoms with Crippen molar-refractivity contribution in [3.05, 3.63) is 23.8 Å². The van der Waals surface area contributed by atoms with Gasteiger partial charge < -0.3 is 15.2 Å². The van der Waals surface area contributed by atoms with Crippen molar-refractivity contribution >= 4 is 11.7 Å². The minimum absolute atomic E-state index is 0.0441. The summed E-state index contributed by atoms with van der Waals surface area (Å²) >= 11 is 0. The van der Waals surface area contributed by atoms with Crippen LogP contribution in [-0.4, -0.2) is 24.2 Å². The van der Waals surface area contributed by atoms with Gasteiger partial charge in [0.05, 0.1) is 17.9 Å². The van der Waals surface area contributed by atoms with Gasteiger partial charge in [0.25, 0.3) is 0 Å². The first-order valence-electron chi connectivity index (χ1n) is 5.22. The van der Waals surface area contributed by atoms with E-state index in [-0.39, 0.29) is 11.0 Å². The highest BCUT2D eigenvalue weighted by Gasteiger charge is 2.23. The van der Waals surface area contributed by atoms with E-state index in [1.807, 2.05) is 0 Å². The lowest BCUT2D eigenvalue weighted by molar-refractivity contribution is 0.0697. The molecule has 0 saturated carbocycles. The Morgan fingerprint density at radius 3 is 2.94 bits per heavy atom. The summed E-state index contributed by atoms with van der Waals surface area (Å²) in [6.45, 7) is 5.59. The molecule has 0 saturated heterocycles. The Balaban J connectivity index is 2.32. The van der Waals surface area contributed by atoms with Crippen LogP contribution in [-0.2, 0) is 0 Å². The van der Waals surface area contributed by atoms with Crippen LogP contribution in [0.15, 0.2) is 18.2 Å². The van der Waals surface area contributed by atoms with Gasteiger partial charge in [-0.05, 0) is 18.2 Å². The molecule has 16 heavy (non-hydrogen) atoms. The van der Waals surface area contributed by atoms with E-state index in [9.17, 15) is 4.79 Å². The standard InChI is InChI=1S/C12H15NO3/c1-12(2)6-13-9-5-8(11(14)15)3-4-10(9)16-7-12/h3-5,13H,6-7H2,1-2H3,(H,14,15). The number of nitrogens with one attached hydrogen (secondary N) is 1. The number of benzene rings is 1. The average molecular weight is 221 g/mol. The van der Waals surface area contributed by atoms with Crippen molar-refractivity contribution in [2.75, 3.05) is 18.5 Å². The first-order valence-corrected chi connectivity index (χ1v) is 5.22. The predicted octanol–water partition coefficient (Wildman–Crippen LogP) is 2.22. The van der Waals surface area contributed by atoms with Crippen LogP contribution in [0.3, 0.4) is 0 Å². The second-order valence-corrected chi connectivity index (χ2v) is 4.82. The van der Waals surface area contributed by atoms with Crippen LogP contribution in [0.4, 0.5) is 5.69 Å². The molecule has 4 nitrogen and oxygen atoms in total. The van der Waals surface area contributed by atoms with E-state index in [2.05, 4.69) is 19.2 Å². The zero-order valence-corrected chi connectivity index (χ0v) is 9.41. The number of hydrogen-bond acceptors (Lipinski definition) is 3. The maximum atomic E-state index is 10.8. The third-order valence-electron chi connectivity index (χ3n) is 2.60. The van der Waals surface area contributed by atoms with Gasteiger partial charge >= 0.3 is 5.97 Å². The molecule has 2 N–H and O–H groups in total. The first kappa shape index (κ1) is 10.8. The molecule has 0 aromatic heterocycles. The Labute approximate surface area is 94.2 Å². The van der Waals surface area contributed by atoms with E-state index in [0.29, 0.717) is 6.61 Å². The highest BCUT2D eigenvalue weighted by molar-refractivity contribution is 5.89. The van der Waals surface area contributed by atoms with Crippen LogP contribution in [0.2, 0.25) is 0 Å². The Bertz CT molecular complexity index is 426. The number of carbonyl (C=O) groups is 1. The highest BCUT2D eigenvalue weighted by atomic mass is 16.5. The molecule has 0 unspecified atom stereocenters. The van der Waals surface area contributed by atoms with Crippen molar-refractivity contribution in [1.29, 1.82) is 0 Å². The van der Waals surface area contributed by atoms with Gasteiger partial charge in [-0.25, -0.2) is 4.79 Å². The fourth-order valence-corrected chi connectivity index (χ4v) is 1.59. The Kier molecular flexibility index (Phi) is 2.50. The zero-order chi connectivity index (χ0) is 11.8. The minimum Gasteiger partial charge on any atom is -0.491 e. The van der Waals surface area contributed by atoms with Crippen molar-refractivity contribution in [2.24, 2.45) is 5.41 Å². The fraction of sp³-hybridized carbons (Fsp3) is 0.417. The summed E-state index contributed by atoms with van der Waals surface area (Å²) in [6, 6.07) is 4.87. The van der Waals surface area contributed by atoms with Gasteiger partial charge in [-0.15, -0.1) is 0 Å². The van der Waals surface area contributed by atoms with Gasteiger partial charge in [0, 0.05) is 12.0 Å². The molecule has 2 rings (SSSR count). The maximum absolute atomic E-state index is 10.8. The molecule has 1 heterocycles. The molecule has 0 bridgehead atoms. The number of fused-ring (bicyclic) bond motifs is 1. The van der Waals surface area contributed by atoms with Crippen molar-refractivity contribution in [3.8, 4) is 5.75 Å². The number of carboxylic acids is 1. The molecule has 0 radical (unpaired) electrons. The van der Waals surface area contributed by atoms with Crippen molar-refractivity contribution in [1.82, 2.24) is 0 Å². The van der Waals surface area contributed by atoms with Crippen LogP contribution in [0, 0.1) is 5.41 Å². The highest BCUT2D eigenvalue weighted by Crippen LogP contribution is 2.31. The van der Waals surface area contributed by atoms with Gasteiger partial charge in [0.15, 0.2) is 0 Å². The van der Waals surface area contributed by atoms with E-state index in [0.717, 1.165) is 18.0 Å². The first-order chi connectivity index (χ1) is 7.48. The summed E-state index contributed by atoms with van der Waals surface area (Å²) in [6.07, 6.45) is 0. The molecular weight excluding hydrogens is 206 g/mol. The maximum Gasteiger partial charge on any atom is 0.335 e. The molecule has 0 aliphatic carbocycles. The van der Waals surface area contributed by atoms with Gasteiger partial charge in [0.2, 0.25) is 0 Å². The third-order valence-corrected chi connectivity index (χ3v) is 2.60. The largest absolute Gasteiger partial charge is 0.491 e. The van der Waals surface area contributed by atoms with Crippen molar-refractivity contribution in [3.63, 3.8) is 0 Å². The van der Waals surface area contributed by atoms with Gasteiger partial charge in [-0.2, -0.15) is 0 Å². The van der Waals surface area contributed by atoms with Gasteiger partial charge in [0.1, 0.15) is 5.75 Å². The van der Waals surface area contributed by atoms with Crippen molar-refractivity contribution < 1.29 is 14.6 Å². The van der Waals surface area contributed by atoms with E-state index in [4.69, 9.17) is 9.84 Å². The fourth-order valence-electron chi connectivity index (χ4n) is 1.59. The monoisotopic (exact) mass is 221 g/mol. The van der Waals surface area contributed by atoms with E-state index in [1.54, 1.807) is 18.2 Å². The molecule has 1 aromatic rings. The molecule has 4 heteroatoms. The summed E-state index contributed by atoms with van der Waals surface area (Å²) in [7, 11) is 0. The third kappa shape index (κ3) is 2.10. The number of rotatable bonds is 1. The van der Waals surface area contributed by atoms with Crippen LogP contribution in [0.25, 0.3) is 0 Å². The minimum atomic E-state index is -0.923. The lowest BCUT2D eigenvalue weighted by atomic mass is 9.95. The molecule has 86 valence electrons. The molecule has 0 spiro atoms. The summed E-state index contributed by atoms with van der Waals surface area (Å²) in [5.74, 6) is -0.205. The zero-order valence-electron chi connectivity index (χ0n) is 9.41. The van der Waals surface area contributed by atoms with Crippen LogP contribution in [0.1, 0.15) is 24.2 Å². The molecule has 0 fully saturated rings. The van der Waals surface area contributed by atoms with Crippen LogP contribution >= 0.6 is 0 Å². The predicted molar refractivity (Wildman–Crippen MR) is 61.2 cm³/mol. The van der Waals surface area contributed by atoms with E-state index < -0.39 is 5.97 Å². The molecule has 1 aliphatic heterocycles. The lowest BCUT2D eigenvalue weighted by Gasteiger charge is -2.20. The normalized spacial score (nSPS) is 17.6. The van der Waals surface area contributed by atoms with Crippen LogP contribution < -0.4 is 10.1 Å². The number of aromatic carboxylic acids is 1. The molecule has 1 aliphatic rings. The number of ether oxygens (including phenoxy) is 1. The van der Waals surface area contributed by atoms with Crippen molar-refractivity contribution in [2.45, 2.75) is 13.8 Å². The van der Waals surface area contributed by atoms with Gasteiger partial charge in [-0.3, -0.25) is 0 Å². The lowest BCUT2D eigenvalue weighted by Crippen LogP contribution is -2.27. The SMILES string of the molecule is CC1(C)CNc2cc(C(=O)O)ccc2OC1. The molecule has 0 atom stereocenters. The second kappa shape index (κ2) is 3.70. The Hall–Kier alpha value is -1.71. The summed E-state index contributed by atoms with van der Waals surface area (Å²) in [5.41, 5.74) is 1.07. The molecule has 0 amide bonds. The summed E-state index contributed by atoms with van der Waals surface area (Å²) in [5, 5.41) is 12.1. The summed E-state index contributed by atoms with van der Waals surface area (Å²) < 4.78 is 5.64. The smallest absolute Gasteiger partial charge is 0.335 e.